The molecular weight excluding hydrogens is 240 g/mol. The Morgan fingerprint density at radius 3 is 2.55 bits per heavy atom. The van der Waals surface area contributed by atoms with Crippen LogP contribution in [0.3, 0.4) is 0 Å². The third kappa shape index (κ3) is 3.85. The van der Waals surface area contributed by atoms with Gasteiger partial charge in [0, 0.05) is 0 Å². The first-order valence-electron chi connectivity index (χ1n) is 8.12. The van der Waals surface area contributed by atoms with Crippen LogP contribution in [0.5, 0.6) is 0 Å². The molecule has 0 aromatic heterocycles. The lowest BCUT2D eigenvalue weighted by atomic mass is 9.86. The second-order valence-corrected chi connectivity index (χ2v) is 5.75. The van der Waals surface area contributed by atoms with Gasteiger partial charge in [-0.3, -0.25) is 0 Å². The smallest absolute Gasteiger partial charge is 0.0149 e. The molecule has 0 N–H and O–H groups in total. The van der Waals surface area contributed by atoms with Gasteiger partial charge in [0.05, 0.1) is 0 Å². The van der Waals surface area contributed by atoms with Gasteiger partial charge < -0.3 is 0 Å². The molecule has 0 heterocycles. The molecule has 0 aliphatic rings. The summed E-state index contributed by atoms with van der Waals surface area (Å²) in [5.41, 5.74) is 1.56. The van der Waals surface area contributed by atoms with Crippen LogP contribution in [-0.4, -0.2) is 0 Å². The van der Waals surface area contributed by atoms with E-state index in [4.69, 9.17) is 0 Å². The largest absolute Gasteiger partial charge is 0.0654 e. The third-order valence-electron chi connectivity index (χ3n) is 4.22. The van der Waals surface area contributed by atoms with Gasteiger partial charge in [0.2, 0.25) is 0 Å². The van der Waals surface area contributed by atoms with E-state index in [9.17, 15) is 0 Å². The van der Waals surface area contributed by atoms with E-state index in [-0.39, 0.29) is 0 Å². The van der Waals surface area contributed by atoms with Crippen LogP contribution in [-0.2, 0) is 0 Å². The average Bonchev–Trinajstić information content (AvgIpc) is 2.50. The number of unbranched alkanes of at least 4 members (excludes halogenated alkanes) is 3. The van der Waals surface area contributed by atoms with Crippen LogP contribution in [0.4, 0.5) is 0 Å². The molecular formula is C20H27. The number of benzene rings is 2. The topological polar surface area (TPSA) is 0 Å². The Labute approximate surface area is 124 Å². The molecule has 0 heteroatoms. The summed E-state index contributed by atoms with van der Waals surface area (Å²) in [7, 11) is 0. The number of rotatable bonds is 8. The van der Waals surface area contributed by atoms with Crippen molar-refractivity contribution in [3.8, 4) is 0 Å². The highest BCUT2D eigenvalue weighted by Gasteiger charge is 2.13. The lowest BCUT2D eigenvalue weighted by Gasteiger charge is -2.19. The zero-order valence-corrected chi connectivity index (χ0v) is 12.9. The normalized spacial score (nSPS) is 12.7. The van der Waals surface area contributed by atoms with Crippen LogP contribution in [0.25, 0.3) is 10.8 Å². The summed E-state index contributed by atoms with van der Waals surface area (Å²) in [6.45, 7) is 4.46. The molecule has 0 spiro atoms. The van der Waals surface area contributed by atoms with E-state index in [0.29, 0.717) is 5.92 Å². The van der Waals surface area contributed by atoms with Gasteiger partial charge in [-0.25, -0.2) is 0 Å². The number of fused-ring (bicyclic) bond motifs is 1. The summed E-state index contributed by atoms with van der Waals surface area (Å²) < 4.78 is 0. The summed E-state index contributed by atoms with van der Waals surface area (Å²) in [5.74, 6) is 0.712. The molecule has 0 saturated carbocycles. The second-order valence-electron chi connectivity index (χ2n) is 5.75. The highest BCUT2D eigenvalue weighted by atomic mass is 14.2. The van der Waals surface area contributed by atoms with Crippen LogP contribution >= 0.6 is 0 Å². The van der Waals surface area contributed by atoms with Crippen LogP contribution < -0.4 is 0 Å². The fourth-order valence-corrected chi connectivity index (χ4v) is 3.07. The van der Waals surface area contributed by atoms with Crippen molar-refractivity contribution in [2.45, 2.75) is 58.3 Å². The Morgan fingerprint density at radius 2 is 1.75 bits per heavy atom. The van der Waals surface area contributed by atoms with Crippen molar-refractivity contribution < 1.29 is 0 Å². The molecule has 0 fully saturated rings. The first kappa shape index (κ1) is 15.1. The van der Waals surface area contributed by atoms with E-state index in [1.807, 2.05) is 0 Å². The van der Waals surface area contributed by atoms with Crippen molar-refractivity contribution in [1.29, 1.82) is 0 Å². The minimum atomic E-state index is 0.712. The van der Waals surface area contributed by atoms with E-state index < -0.39 is 0 Å². The highest BCUT2D eigenvalue weighted by Crippen LogP contribution is 2.32. The quantitative estimate of drug-likeness (QED) is 0.478. The Balaban J connectivity index is 2.24. The molecule has 0 bridgehead atoms. The van der Waals surface area contributed by atoms with Gasteiger partial charge in [-0.1, -0.05) is 75.6 Å². The van der Waals surface area contributed by atoms with E-state index in [1.165, 1.54) is 49.3 Å². The third-order valence-corrected chi connectivity index (χ3v) is 4.22. The van der Waals surface area contributed by atoms with Crippen molar-refractivity contribution in [2.24, 2.45) is 0 Å². The van der Waals surface area contributed by atoms with Crippen molar-refractivity contribution >= 4 is 10.8 Å². The van der Waals surface area contributed by atoms with E-state index in [2.05, 4.69) is 62.7 Å². The Hall–Kier alpha value is -1.30. The van der Waals surface area contributed by atoms with Gasteiger partial charge in [0.25, 0.3) is 0 Å². The molecule has 1 unspecified atom stereocenters. The lowest BCUT2D eigenvalue weighted by molar-refractivity contribution is 0.535. The van der Waals surface area contributed by atoms with E-state index >= 15 is 0 Å². The molecule has 2 rings (SSSR count). The summed E-state index contributed by atoms with van der Waals surface area (Å²) in [4.78, 5) is 0. The predicted molar refractivity (Wildman–Crippen MR) is 90.0 cm³/mol. The lowest BCUT2D eigenvalue weighted by Crippen LogP contribution is -2.00. The number of hydrogen-bond acceptors (Lipinski definition) is 0. The molecule has 0 aliphatic carbocycles. The van der Waals surface area contributed by atoms with Crippen LogP contribution in [0.1, 0.15) is 63.9 Å². The van der Waals surface area contributed by atoms with E-state index in [0.717, 1.165) is 0 Å². The fourth-order valence-electron chi connectivity index (χ4n) is 3.07. The first-order chi connectivity index (χ1) is 9.86. The Kier molecular flexibility index (Phi) is 6.11. The van der Waals surface area contributed by atoms with Gasteiger partial charge in [0.15, 0.2) is 0 Å². The standard InChI is InChI=1S/C20H27/c1-3-5-7-12-17(11-6-4-2)20-16-10-14-18-13-8-9-15-19(18)20/h4,8-10,13-17H,3,5-7,11-12H2,1-2H3. The SMILES string of the molecule is C[CH]CCC(CCCCC)c1cccc2ccccc12. The first-order valence-corrected chi connectivity index (χ1v) is 8.12. The molecule has 0 amide bonds. The molecule has 1 radical (unpaired) electrons. The second kappa shape index (κ2) is 8.09. The van der Waals surface area contributed by atoms with Gasteiger partial charge in [-0.05, 0) is 47.9 Å². The monoisotopic (exact) mass is 267 g/mol. The summed E-state index contributed by atoms with van der Waals surface area (Å²) in [6.07, 6.45) is 10.2. The maximum atomic E-state index is 2.34. The average molecular weight is 267 g/mol. The van der Waals surface area contributed by atoms with Gasteiger partial charge in [0.1, 0.15) is 0 Å². The maximum absolute atomic E-state index is 2.34. The molecule has 0 nitrogen and oxygen atoms in total. The van der Waals surface area contributed by atoms with E-state index in [1.54, 1.807) is 5.56 Å². The summed E-state index contributed by atoms with van der Waals surface area (Å²) >= 11 is 0. The maximum Gasteiger partial charge on any atom is -0.0149 e. The zero-order valence-electron chi connectivity index (χ0n) is 12.9. The van der Waals surface area contributed by atoms with Crippen LogP contribution in [0, 0.1) is 6.42 Å². The summed E-state index contributed by atoms with van der Waals surface area (Å²) in [6, 6.07) is 15.6. The van der Waals surface area contributed by atoms with Crippen molar-refractivity contribution in [2.75, 3.05) is 0 Å². The van der Waals surface area contributed by atoms with Gasteiger partial charge in [-0.15, -0.1) is 0 Å². The predicted octanol–water partition coefficient (Wildman–Crippen LogP) is 6.51. The Morgan fingerprint density at radius 1 is 0.950 bits per heavy atom. The molecule has 2 aromatic rings. The molecule has 0 saturated heterocycles. The Bertz CT molecular complexity index is 507. The van der Waals surface area contributed by atoms with Crippen molar-refractivity contribution in [1.82, 2.24) is 0 Å². The highest BCUT2D eigenvalue weighted by molar-refractivity contribution is 5.86. The van der Waals surface area contributed by atoms with Gasteiger partial charge >= 0.3 is 0 Å². The number of hydrogen-bond donors (Lipinski definition) is 0. The molecule has 2 aromatic carbocycles. The molecule has 0 aliphatic heterocycles. The van der Waals surface area contributed by atoms with Crippen LogP contribution in [0.2, 0.25) is 0 Å². The minimum Gasteiger partial charge on any atom is -0.0654 e. The molecule has 20 heavy (non-hydrogen) atoms. The zero-order chi connectivity index (χ0) is 14.2. The van der Waals surface area contributed by atoms with Crippen molar-refractivity contribution in [3.05, 3.63) is 54.4 Å². The summed E-state index contributed by atoms with van der Waals surface area (Å²) in [5, 5.41) is 2.83. The molecule has 107 valence electrons. The fraction of sp³-hybridized carbons (Fsp3) is 0.450. The van der Waals surface area contributed by atoms with Crippen molar-refractivity contribution in [3.63, 3.8) is 0 Å². The van der Waals surface area contributed by atoms with Gasteiger partial charge in [-0.2, -0.15) is 0 Å². The molecule has 1 atom stereocenters. The van der Waals surface area contributed by atoms with Crippen LogP contribution in [0.15, 0.2) is 42.5 Å². The minimum absolute atomic E-state index is 0.712.